The molecule has 4 aromatic heterocycles. The van der Waals surface area contributed by atoms with E-state index in [9.17, 15) is 9.59 Å². The van der Waals surface area contributed by atoms with Crippen LogP contribution in [-0.4, -0.2) is 30.6 Å². The van der Waals surface area contributed by atoms with Crippen LogP contribution in [-0.2, 0) is 5.75 Å². The van der Waals surface area contributed by atoms with Crippen molar-refractivity contribution in [1.82, 2.24) is 23.5 Å². The summed E-state index contributed by atoms with van der Waals surface area (Å²) in [5.74, 6) is 0.913. The minimum atomic E-state index is -0.246. The van der Waals surface area contributed by atoms with E-state index in [2.05, 4.69) is 4.98 Å². The second-order valence-electron chi connectivity index (χ2n) is 8.35. The highest BCUT2D eigenvalue weighted by Crippen LogP contribution is 2.31. The quantitative estimate of drug-likeness (QED) is 0.135. The molecular weight excluding hydrogens is 574 g/mol. The highest BCUT2D eigenvalue weighted by molar-refractivity contribution is 7.98. The van der Waals surface area contributed by atoms with Gasteiger partial charge in [-0.1, -0.05) is 65.0 Å². The van der Waals surface area contributed by atoms with Crippen molar-refractivity contribution in [2.45, 2.75) is 10.9 Å². The number of halogens is 1. The first-order valence-corrected chi connectivity index (χ1v) is 14.2. The van der Waals surface area contributed by atoms with Gasteiger partial charge in [-0.05, 0) is 48.6 Å². The van der Waals surface area contributed by atoms with Gasteiger partial charge in [-0.25, -0.2) is 9.97 Å². The van der Waals surface area contributed by atoms with Crippen LogP contribution in [0, 0.1) is 3.95 Å². The molecule has 0 fully saturated rings. The summed E-state index contributed by atoms with van der Waals surface area (Å²) >= 11 is 14.2. The Hall–Kier alpha value is -3.77. The van der Waals surface area contributed by atoms with Crippen LogP contribution in [0.2, 0.25) is 5.02 Å². The third-order valence-corrected chi connectivity index (χ3v) is 8.49. The third-order valence-electron chi connectivity index (χ3n) is 5.94. The van der Waals surface area contributed by atoms with Gasteiger partial charge in [0.05, 0.1) is 29.2 Å². The first kappa shape index (κ1) is 25.5. The summed E-state index contributed by atoms with van der Waals surface area (Å²) in [5.41, 5.74) is 2.35. The van der Waals surface area contributed by atoms with Crippen LogP contribution < -0.4 is 15.9 Å². The van der Waals surface area contributed by atoms with Gasteiger partial charge in [-0.2, -0.15) is 0 Å². The fourth-order valence-corrected chi connectivity index (χ4v) is 6.55. The van der Waals surface area contributed by atoms with Gasteiger partial charge in [0, 0.05) is 18.0 Å². The van der Waals surface area contributed by atoms with Crippen molar-refractivity contribution in [2.75, 3.05) is 7.11 Å². The van der Waals surface area contributed by atoms with E-state index in [4.69, 9.17) is 33.5 Å². The number of hydrogen-bond donors (Lipinski definition) is 0. The van der Waals surface area contributed by atoms with Crippen LogP contribution >= 0.6 is 46.9 Å². The molecule has 4 heterocycles. The summed E-state index contributed by atoms with van der Waals surface area (Å²) in [7, 11) is 1.58. The zero-order valence-corrected chi connectivity index (χ0v) is 23.5. The molecule has 2 aromatic carbocycles. The van der Waals surface area contributed by atoms with Gasteiger partial charge < -0.3 is 4.74 Å². The number of methoxy groups -OCH3 is 1. The van der Waals surface area contributed by atoms with Crippen molar-refractivity contribution < 1.29 is 4.74 Å². The molecule has 0 saturated carbocycles. The topological polar surface area (TPSA) is 83.4 Å². The maximum absolute atomic E-state index is 13.9. The lowest BCUT2D eigenvalue weighted by molar-refractivity contribution is 0.413. The lowest BCUT2D eigenvalue weighted by Gasteiger charge is -2.14. The normalized spacial score (nSPS) is 11.3. The second kappa shape index (κ2) is 10.4. The lowest BCUT2D eigenvalue weighted by atomic mass is 10.3. The molecule has 0 saturated heterocycles. The van der Waals surface area contributed by atoms with Crippen LogP contribution in [0.1, 0.15) is 5.69 Å². The Labute approximate surface area is 239 Å². The van der Waals surface area contributed by atoms with E-state index in [0.717, 1.165) is 0 Å². The number of benzene rings is 2. The van der Waals surface area contributed by atoms with E-state index in [1.807, 2.05) is 54.6 Å². The van der Waals surface area contributed by atoms with Gasteiger partial charge in [0.15, 0.2) is 14.8 Å². The molecule has 0 radical (unpaired) electrons. The molecule has 8 nitrogen and oxygen atoms in total. The van der Waals surface area contributed by atoms with Crippen LogP contribution in [0.3, 0.4) is 0 Å². The Morgan fingerprint density at radius 1 is 1.00 bits per heavy atom. The Morgan fingerprint density at radius 2 is 1.77 bits per heavy atom. The predicted molar refractivity (Wildman–Crippen MR) is 158 cm³/mol. The molecule has 0 unspecified atom stereocenters. The molecule has 0 amide bonds. The molecule has 0 aliphatic rings. The minimum Gasteiger partial charge on any atom is -0.495 e. The molecule has 6 rings (SSSR count). The number of pyridine rings is 1. The molecule has 194 valence electrons. The summed E-state index contributed by atoms with van der Waals surface area (Å²) < 4.78 is 11.2. The molecule has 0 atom stereocenters. The highest BCUT2D eigenvalue weighted by Gasteiger charge is 2.20. The predicted octanol–water partition coefficient (Wildman–Crippen LogP) is 5.93. The SMILES string of the molecule is COc1ccccc1-n1c(=S)sc2c(=O)n(-c3ccccc3)c(SCc3cc(=O)n4cc(Cl)ccc4n3)nc21. The van der Waals surface area contributed by atoms with E-state index < -0.39 is 0 Å². The third kappa shape index (κ3) is 4.67. The van der Waals surface area contributed by atoms with Gasteiger partial charge in [-0.3, -0.25) is 23.1 Å². The number of nitrogens with zero attached hydrogens (tertiary/aromatic N) is 5. The Morgan fingerprint density at radius 3 is 2.56 bits per heavy atom. The van der Waals surface area contributed by atoms with E-state index in [1.165, 1.54) is 39.8 Å². The maximum Gasteiger partial charge on any atom is 0.278 e. The van der Waals surface area contributed by atoms with E-state index in [0.29, 0.717) is 58.7 Å². The number of rotatable bonds is 6. The van der Waals surface area contributed by atoms with Gasteiger partial charge in [0.25, 0.3) is 11.1 Å². The molecule has 0 aliphatic heterocycles. The first-order valence-electron chi connectivity index (χ1n) is 11.6. The highest BCUT2D eigenvalue weighted by atomic mass is 35.5. The first-order chi connectivity index (χ1) is 18.9. The number of para-hydroxylation sites is 3. The van der Waals surface area contributed by atoms with Crippen molar-refractivity contribution >= 4 is 62.9 Å². The average Bonchev–Trinajstić information content (AvgIpc) is 3.28. The molecule has 39 heavy (non-hydrogen) atoms. The Balaban J connectivity index is 1.53. The number of fused-ring (bicyclic) bond motifs is 2. The number of thioether (sulfide) groups is 1. The fraction of sp³-hybridized carbons (Fsp3) is 0.0741. The Kier molecular flexibility index (Phi) is 6.81. The summed E-state index contributed by atoms with van der Waals surface area (Å²) in [5, 5.41) is 0.881. The molecule has 12 heteroatoms. The van der Waals surface area contributed by atoms with Crippen LogP contribution in [0.15, 0.2) is 93.7 Å². The van der Waals surface area contributed by atoms with Crippen LogP contribution in [0.25, 0.3) is 27.4 Å². The fourth-order valence-electron chi connectivity index (χ4n) is 4.20. The van der Waals surface area contributed by atoms with Crippen LogP contribution in [0.5, 0.6) is 5.75 Å². The largest absolute Gasteiger partial charge is 0.495 e. The second-order valence-corrected chi connectivity index (χ2v) is 11.4. The standard InChI is InChI=1S/C27H18ClN5O3S3/c1-36-20-10-6-5-9-19(20)33-24-23(39-27(33)37)25(35)32(18-7-3-2-4-8-18)26(30-24)38-15-17-13-22(34)31-14-16(28)11-12-21(31)29-17/h2-14H,15H2,1H3. The van der Waals surface area contributed by atoms with Crippen molar-refractivity contribution in [2.24, 2.45) is 0 Å². The van der Waals surface area contributed by atoms with E-state index in [-0.39, 0.29) is 11.1 Å². The summed E-state index contributed by atoms with van der Waals surface area (Å²) in [6.07, 6.45) is 1.53. The summed E-state index contributed by atoms with van der Waals surface area (Å²) in [4.78, 5) is 36.2. The van der Waals surface area contributed by atoms with Gasteiger partial charge in [0.2, 0.25) is 0 Å². The van der Waals surface area contributed by atoms with Gasteiger partial charge >= 0.3 is 0 Å². The zero-order chi connectivity index (χ0) is 27.1. The molecule has 0 aliphatic carbocycles. The monoisotopic (exact) mass is 591 g/mol. The number of aromatic nitrogens is 5. The molecule has 0 bridgehead atoms. The molecular formula is C27H18ClN5O3S3. The zero-order valence-electron chi connectivity index (χ0n) is 20.3. The van der Waals surface area contributed by atoms with E-state index >= 15 is 0 Å². The number of ether oxygens (including phenoxy) is 1. The Bertz CT molecular complexity index is 2050. The van der Waals surface area contributed by atoms with Gasteiger partial charge in [-0.15, -0.1) is 0 Å². The van der Waals surface area contributed by atoms with Crippen molar-refractivity contribution in [3.63, 3.8) is 0 Å². The lowest BCUT2D eigenvalue weighted by Crippen LogP contribution is -2.21. The van der Waals surface area contributed by atoms with Crippen LogP contribution in [0.4, 0.5) is 0 Å². The minimum absolute atomic E-state index is 0.236. The summed E-state index contributed by atoms with van der Waals surface area (Å²) in [6, 6.07) is 21.6. The number of thiazole rings is 1. The van der Waals surface area contributed by atoms with E-state index in [1.54, 1.807) is 28.4 Å². The smallest absolute Gasteiger partial charge is 0.278 e. The van der Waals surface area contributed by atoms with Gasteiger partial charge in [0.1, 0.15) is 16.1 Å². The molecule has 6 aromatic rings. The average molecular weight is 592 g/mol. The van der Waals surface area contributed by atoms with Crippen molar-refractivity contribution in [3.8, 4) is 17.1 Å². The van der Waals surface area contributed by atoms with Crippen molar-refractivity contribution in [1.29, 1.82) is 0 Å². The molecule has 0 spiro atoms. The molecule has 0 N–H and O–H groups in total. The maximum atomic E-state index is 13.9. The summed E-state index contributed by atoms with van der Waals surface area (Å²) in [6.45, 7) is 0. The number of hydrogen-bond acceptors (Lipinski definition) is 8. The van der Waals surface area contributed by atoms with Crippen molar-refractivity contribution in [3.05, 3.63) is 114 Å².